The van der Waals surface area contributed by atoms with Crippen molar-refractivity contribution in [3.63, 3.8) is 0 Å². The Balaban J connectivity index is 2.37. The van der Waals surface area contributed by atoms with Gasteiger partial charge in [-0.25, -0.2) is 4.98 Å². The third-order valence-corrected chi connectivity index (χ3v) is 3.13. The Kier molecular flexibility index (Phi) is 2.52. The minimum Gasteiger partial charge on any atom is -0.374 e. The fraction of sp³-hybridized carbons (Fsp3) is 0.133. The van der Waals surface area contributed by atoms with E-state index in [1.54, 1.807) is 0 Å². The maximum atomic E-state index is 4.69. The van der Waals surface area contributed by atoms with Gasteiger partial charge >= 0.3 is 0 Å². The van der Waals surface area contributed by atoms with E-state index in [-0.39, 0.29) is 0 Å². The summed E-state index contributed by atoms with van der Waals surface area (Å²) in [6.45, 7) is 2.04. The van der Waals surface area contributed by atoms with Gasteiger partial charge in [-0.15, -0.1) is 0 Å². The summed E-state index contributed by atoms with van der Waals surface area (Å²) in [6.07, 6.45) is 0. The van der Waals surface area contributed by atoms with Crippen LogP contribution < -0.4 is 5.32 Å². The second-order valence-electron chi connectivity index (χ2n) is 4.27. The highest BCUT2D eigenvalue weighted by Crippen LogP contribution is 2.25. The molecule has 2 heterocycles. The van der Waals surface area contributed by atoms with Gasteiger partial charge in [0.1, 0.15) is 11.6 Å². The van der Waals surface area contributed by atoms with Crippen molar-refractivity contribution in [2.24, 2.45) is 0 Å². The fourth-order valence-electron chi connectivity index (χ4n) is 2.26. The van der Waals surface area contributed by atoms with E-state index >= 15 is 0 Å². The molecule has 0 fully saturated rings. The van der Waals surface area contributed by atoms with Crippen LogP contribution in [0.3, 0.4) is 0 Å². The second kappa shape index (κ2) is 4.18. The van der Waals surface area contributed by atoms with Crippen molar-refractivity contribution < 1.29 is 0 Å². The van der Waals surface area contributed by atoms with E-state index in [9.17, 15) is 0 Å². The van der Waals surface area contributed by atoms with Crippen molar-refractivity contribution in [3.05, 3.63) is 54.2 Å². The lowest BCUT2D eigenvalue weighted by molar-refractivity contribution is 1.15. The smallest absolute Gasteiger partial charge is 0.146 e. The first-order valence-corrected chi connectivity index (χ1v) is 6.02. The zero-order valence-electron chi connectivity index (χ0n) is 10.5. The van der Waals surface area contributed by atoms with Gasteiger partial charge in [0.05, 0.1) is 11.2 Å². The van der Waals surface area contributed by atoms with Crippen molar-refractivity contribution in [1.82, 2.24) is 9.38 Å². The number of benzene rings is 1. The van der Waals surface area contributed by atoms with Crippen LogP contribution in [0.1, 0.15) is 5.69 Å². The summed E-state index contributed by atoms with van der Waals surface area (Å²) >= 11 is 0. The van der Waals surface area contributed by atoms with Gasteiger partial charge in [0.15, 0.2) is 0 Å². The predicted octanol–water partition coefficient (Wildman–Crippen LogP) is 3.35. The molecule has 1 aromatic carbocycles. The zero-order chi connectivity index (χ0) is 12.5. The summed E-state index contributed by atoms with van der Waals surface area (Å²) in [6, 6.07) is 16.5. The molecule has 0 aliphatic rings. The van der Waals surface area contributed by atoms with Crippen LogP contribution in [0.15, 0.2) is 48.5 Å². The molecular formula is C15H15N3. The predicted molar refractivity (Wildman–Crippen MR) is 74.9 cm³/mol. The van der Waals surface area contributed by atoms with E-state index in [0.29, 0.717) is 0 Å². The number of imidazole rings is 1. The number of rotatable bonds is 2. The fourth-order valence-corrected chi connectivity index (χ4v) is 2.26. The number of nitrogens with one attached hydrogen (secondary N) is 1. The normalized spacial score (nSPS) is 10.8. The van der Waals surface area contributed by atoms with Crippen molar-refractivity contribution in [3.8, 4) is 11.4 Å². The highest BCUT2D eigenvalue weighted by atomic mass is 15.1. The van der Waals surface area contributed by atoms with E-state index in [1.807, 2.05) is 38.2 Å². The first kappa shape index (κ1) is 10.8. The van der Waals surface area contributed by atoms with Gasteiger partial charge in [-0.2, -0.15) is 0 Å². The van der Waals surface area contributed by atoms with Gasteiger partial charge in [0.2, 0.25) is 0 Å². The molecule has 1 N–H and O–H groups in total. The van der Waals surface area contributed by atoms with E-state index in [2.05, 4.69) is 34.0 Å². The van der Waals surface area contributed by atoms with Gasteiger partial charge in [-0.3, -0.25) is 4.40 Å². The van der Waals surface area contributed by atoms with Crippen molar-refractivity contribution in [1.29, 1.82) is 0 Å². The average Bonchev–Trinajstić information content (AvgIpc) is 2.77. The van der Waals surface area contributed by atoms with Gasteiger partial charge in [-0.05, 0) is 19.1 Å². The Morgan fingerprint density at radius 1 is 1.00 bits per heavy atom. The van der Waals surface area contributed by atoms with Crippen LogP contribution in [0.4, 0.5) is 5.82 Å². The lowest BCUT2D eigenvalue weighted by Crippen LogP contribution is -1.98. The summed E-state index contributed by atoms with van der Waals surface area (Å²) in [4.78, 5) is 4.69. The summed E-state index contributed by atoms with van der Waals surface area (Å²) in [5.41, 5.74) is 3.31. The first-order chi connectivity index (χ1) is 8.81. The molecular weight excluding hydrogens is 222 g/mol. The van der Waals surface area contributed by atoms with Crippen LogP contribution in [0.25, 0.3) is 16.9 Å². The Bertz CT molecular complexity index is 684. The third kappa shape index (κ3) is 1.56. The topological polar surface area (TPSA) is 29.3 Å². The molecule has 3 aromatic rings. The highest BCUT2D eigenvalue weighted by Gasteiger charge is 2.11. The molecule has 0 saturated carbocycles. The Labute approximate surface area is 106 Å². The van der Waals surface area contributed by atoms with E-state index in [4.69, 9.17) is 4.98 Å². The van der Waals surface area contributed by atoms with Crippen molar-refractivity contribution in [2.75, 3.05) is 12.4 Å². The van der Waals surface area contributed by atoms with Gasteiger partial charge in [0.25, 0.3) is 0 Å². The number of hydrogen-bond acceptors (Lipinski definition) is 2. The number of nitrogens with zero attached hydrogens (tertiary/aromatic N) is 2. The molecule has 3 heteroatoms. The van der Waals surface area contributed by atoms with Crippen LogP contribution in [-0.2, 0) is 0 Å². The molecule has 90 valence electrons. The lowest BCUT2D eigenvalue weighted by Gasteiger charge is -2.07. The molecule has 3 rings (SSSR count). The molecule has 0 aliphatic carbocycles. The number of hydrogen-bond donors (Lipinski definition) is 1. The second-order valence-corrected chi connectivity index (χ2v) is 4.27. The molecule has 0 bridgehead atoms. The van der Waals surface area contributed by atoms with E-state index in [1.165, 1.54) is 0 Å². The molecule has 18 heavy (non-hydrogen) atoms. The quantitative estimate of drug-likeness (QED) is 0.740. The number of aromatic nitrogens is 2. The molecule has 3 nitrogen and oxygen atoms in total. The van der Waals surface area contributed by atoms with Crippen LogP contribution in [-0.4, -0.2) is 16.4 Å². The average molecular weight is 237 g/mol. The van der Waals surface area contributed by atoms with Crippen LogP contribution in [0, 0.1) is 6.92 Å². The van der Waals surface area contributed by atoms with Gasteiger partial charge < -0.3 is 5.32 Å². The molecule has 2 aromatic heterocycles. The number of fused-ring (bicyclic) bond motifs is 1. The third-order valence-electron chi connectivity index (χ3n) is 3.13. The maximum absolute atomic E-state index is 4.69. The van der Waals surface area contributed by atoms with Crippen molar-refractivity contribution in [2.45, 2.75) is 6.92 Å². The highest BCUT2D eigenvalue weighted by molar-refractivity contribution is 5.69. The molecule has 0 saturated heterocycles. The Morgan fingerprint density at radius 3 is 2.50 bits per heavy atom. The monoisotopic (exact) mass is 237 g/mol. The summed E-state index contributed by atoms with van der Waals surface area (Å²) < 4.78 is 2.16. The summed E-state index contributed by atoms with van der Waals surface area (Å²) in [5.74, 6) is 2.03. The van der Waals surface area contributed by atoms with Gasteiger partial charge in [0, 0.05) is 12.6 Å². The summed E-state index contributed by atoms with van der Waals surface area (Å²) in [7, 11) is 1.93. The van der Waals surface area contributed by atoms with Crippen LogP contribution >= 0.6 is 0 Å². The first-order valence-electron chi connectivity index (χ1n) is 6.02. The Morgan fingerprint density at radius 2 is 1.78 bits per heavy atom. The van der Waals surface area contributed by atoms with Crippen LogP contribution in [0.5, 0.6) is 0 Å². The molecule has 0 atom stereocenters. The zero-order valence-corrected chi connectivity index (χ0v) is 10.5. The molecule has 0 aliphatic heterocycles. The largest absolute Gasteiger partial charge is 0.374 e. The minimum absolute atomic E-state index is 0.980. The SMILES string of the molecule is CNc1cccc2c(C)nc(-c3ccccc3)n12. The van der Waals surface area contributed by atoms with Crippen LogP contribution in [0.2, 0.25) is 0 Å². The maximum Gasteiger partial charge on any atom is 0.146 e. The standard InChI is InChI=1S/C15H15N3/c1-11-13-9-6-10-14(16-2)18(13)15(17-11)12-7-4-3-5-8-12/h3-10,16H,1-2H3. The molecule has 0 amide bonds. The molecule has 0 radical (unpaired) electrons. The minimum atomic E-state index is 0.980. The summed E-state index contributed by atoms with van der Waals surface area (Å²) in [5, 5.41) is 3.22. The number of aryl methyl sites for hydroxylation is 1. The molecule has 0 spiro atoms. The van der Waals surface area contributed by atoms with E-state index < -0.39 is 0 Å². The number of anilines is 1. The number of pyridine rings is 1. The molecule has 0 unspecified atom stereocenters. The Hall–Kier alpha value is -2.29. The van der Waals surface area contributed by atoms with Gasteiger partial charge in [-0.1, -0.05) is 36.4 Å². The van der Waals surface area contributed by atoms with Crippen molar-refractivity contribution >= 4 is 11.3 Å². The van der Waals surface area contributed by atoms with E-state index in [0.717, 1.165) is 28.4 Å². The lowest BCUT2D eigenvalue weighted by atomic mass is 10.2.